The number of aromatic nitrogens is 2. The van der Waals surface area contributed by atoms with Crippen LogP contribution in [0.1, 0.15) is 159 Å². The van der Waals surface area contributed by atoms with E-state index in [1.165, 1.54) is 133 Å². The van der Waals surface area contributed by atoms with Gasteiger partial charge in [0, 0.05) is 5.41 Å². The fraction of sp³-hybridized carbons (Fsp3) is 0.625. The zero-order valence-corrected chi connectivity index (χ0v) is 27.6. The Kier molecular flexibility index (Phi) is 16.7. The van der Waals surface area contributed by atoms with Crippen LogP contribution in [-0.2, 0) is 18.4 Å². The molecule has 42 heavy (non-hydrogen) atoms. The van der Waals surface area contributed by atoms with Crippen molar-refractivity contribution in [3.05, 3.63) is 90.0 Å². The molecule has 0 saturated heterocycles. The Labute approximate surface area is 259 Å². The fourth-order valence-corrected chi connectivity index (χ4v) is 6.97. The Bertz CT molecular complexity index is 1040. The molecule has 0 bridgehead atoms. The Balaban J connectivity index is 1.72. The van der Waals surface area contributed by atoms with Crippen LogP contribution in [-0.4, -0.2) is 4.98 Å². The Morgan fingerprint density at radius 3 is 1.69 bits per heavy atom. The molecule has 0 saturated carbocycles. The van der Waals surface area contributed by atoms with Gasteiger partial charge in [-0.1, -0.05) is 178 Å². The van der Waals surface area contributed by atoms with Gasteiger partial charge in [0.15, 0.2) is 0 Å². The summed E-state index contributed by atoms with van der Waals surface area (Å²) in [6, 6.07) is 22.6. The van der Waals surface area contributed by atoms with Crippen molar-refractivity contribution in [1.82, 2.24) is 4.98 Å². The monoisotopic (exact) mass is 571 g/mol. The van der Waals surface area contributed by atoms with Crippen molar-refractivity contribution < 1.29 is 4.57 Å². The van der Waals surface area contributed by atoms with Crippen molar-refractivity contribution in [3.63, 3.8) is 0 Å². The normalized spacial score (nSPS) is 13.7. The van der Waals surface area contributed by atoms with E-state index in [1.54, 1.807) is 0 Å². The highest BCUT2D eigenvalue weighted by Gasteiger charge is 2.41. The van der Waals surface area contributed by atoms with Gasteiger partial charge in [0.1, 0.15) is 12.4 Å². The number of unbranched alkanes of at least 4 members (excludes halogenated alkanes) is 15. The maximum absolute atomic E-state index is 3.79. The minimum absolute atomic E-state index is 0.00876. The lowest BCUT2D eigenvalue weighted by Crippen LogP contribution is -2.43. The summed E-state index contributed by atoms with van der Waals surface area (Å²) in [7, 11) is 0. The molecule has 2 heteroatoms. The molecule has 0 aliphatic rings. The molecule has 0 aliphatic carbocycles. The second-order valence-electron chi connectivity index (χ2n) is 13.1. The Hall–Kier alpha value is -2.35. The van der Waals surface area contributed by atoms with Crippen molar-refractivity contribution >= 4 is 0 Å². The quantitative estimate of drug-likeness (QED) is 0.0815. The van der Waals surface area contributed by atoms with E-state index in [2.05, 4.69) is 103 Å². The van der Waals surface area contributed by atoms with Crippen LogP contribution in [0.25, 0.3) is 0 Å². The van der Waals surface area contributed by atoms with Gasteiger partial charge in [0.25, 0.3) is 5.82 Å². The van der Waals surface area contributed by atoms with E-state index < -0.39 is 0 Å². The molecule has 0 fully saturated rings. The Morgan fingerprint density at radius 2 is 1.12 bits per heavy atom. The smallest absolute Gasteiger partial charge is 0.247 e. The van der Waals surface area contributed by atoms with Gasteiger partial charge in [-0.25, -0.2) is 9.55 Å². The SMILES string of the molecule is CCCCCCCCCCC[n+]1cc[nH]c1C(CCCCCCCCCC)C(C)(Cc1ccccc1)c1ccccc1. The minimum Gasteiger partial charge on any atom is -0.247 e. The molecule has 0 amide bonds. The summed E-state index contributed by atoms with van der Waals surface area (Å²) in [4.78, 5) is 3.79. The first-order valence-corrected chi connectivity index (χ1v) is 17.8. The van der Waals surface area contributed by atoms with Crippen LogP contribution in [0.2, 0.25) is 0 Å². The maximum atomic E-state index is 3.79. The number of imidazole rings is 1. The fourth-order valence-electron chi connectivity index (χ4n) is 6.97. The summed E-state index contributed by atoms with van der Waals surface area (Å²) in [5, 5.41) is 0. The number of hydrogen-bond acceptors (Lipinski definition) is 0. The van der Waals surface area contributed by atoms with Crippen LogP contribution in [0.15, 0.2) is 73.1 Å². The largest absolute Gasteiger partial charge is 0.258 e. The van der Waals surface area contributed by atoms with Gasteiger partial charge in [0.05, 0.1) is 12.5 Å². The van der Waals surface area contributed by atoms with Crippen molar-refractivity contribution in [2.45, 2.75) is 161 Å². The van der Waals surface area contributed by atoms with E-state index in [4.69, 9.17) is 0 Å². The first-order chi connectivity index (χ1) is 20.7. The number of hydrogen-bond donors (Lipinski definition) is 1. The van der Waals surface area contributed by atoms with Gasteiger partial charge in [-0.05, 0) is 36.8 Å². The molecule has 3 rings (SSSR count). The lowest BCUT2D eigenvalue weighted by Gasteiger charge is -2.37. The third-order valence-electron chi connectivity index (χ3n) is 9.59. The number of aromatic amines is 1. The third-order valence-corrected chi connectivity index (χ3v) is 9.59. The van der Waals surface area contributed by atoms with Gasteiger partial charge >= 0.3 is 0 Å². The van der Waals surface area contributed by atoms with Crippen molar-refractivity contribution in [3.8, 4) is 0 Å². The van der Waals surface area contributed by atoms with Crippen LogP contribution in [0.4, 0.5) is 0 Å². The van der Waals surface area contributed by atoms with Gasteiger partial charge in [-0.3, -0.25) is 0 Å². The van der Waals surface area contributed by atoms with Crippen molar-refractivity contribution in [1.29, 1.82) is 0 Å². The Morgan fingerprint density at radius 1 is 0.619 bits per heavy atom. The van der Waals surface area contributed by atoms with Gasteiger partial charge in [0.2, 0.25) is 0 Å². The zero-order chi connectivity index (χ0) is 29.7. The predicted octanol–water partition coefficient (Wildman–Crippen LogP) is 11.6. The molecule has 2 nitrogen and oxygen atoms in total. The average Bonchev–Trinajstić information content (AvgIpc) is 3.48. The van der Waals surface area contributed by atoms with Crippen LogP contribution in [0.5, 0.6) is 0 Å². The summed E-state index contributed by atoms with van der Waals surface area (Å²) < 4.78 is 2.57. The summed E-state index contributed by atoms with van der Waals surface area (Å²) >= 11 is 0. The highest BCUT2D eigenvalue weighted by Crippen LogP contribution is 2.43. The van der Waals surface area contributed by atoms with Gasteiger partial charge < -0.3 is 0 Å². The molecule has 2 aromatic carbocycles. The van der Waals surface area contributed by atoms with Crippen LogP contribution < -0.4 is 4.57 Å². The predicted molar refractivity (Wildman–Crippen MR) is 182 cm³/mol. The van der Waals surface area contributed by atoms with E-state index in [0.29, 0.717) is 5.92 Å². The molecule has 0 radical (unpaired) electrons. The van der Waals surface area contributed by atoms with E-state index in [-0.39, 0.29) is 5.41 Å². The molecule has 1 N–H and O–H groups in total. The van der Waals surface area contributed by atoms with E-state index >= 15 is 0 Å². The number of H-pyrrole nitrogens is 1. The molecule has 0 aliphatic heterocycles. The van der Waals surface area contributed by atoms with E-state index in [0.717, 1.165) is 13.0 Å². The van der Waals surface area contributed by atoms with Crippen LogP contribution in [0, 0.1) is 0 Å². The van der Waals surface area contributed by atoms with Crippen molar-refractivity contribution in [2.75, 3.05) is 0 Å². The molecular weight excluding hydrogens is 508 g/mol. The van der Waals surface area contributed by atoms with Gasteiger partial charge in [-0.15, -0.1) is 0 Å². The van der Waals surface area contributed by atoms with Crippen molar-refractivity contribution in [2.24, 2.45) is 0 Å². The van der Waals surface area contributed by atoms with E-state index in [9.17, 15) is 0 Å². The molecule has 0 spiro atoms. The maximum Gasteiger partial charge on any atom is 0.258 e. The summed E-state index contributed by atoms with van der Waals surface area (Å²) in [5.74, 6) is 1.87. The molecule has 232 valence electrons. The highest BCUT2D eigenvalue weighted by molar-refractivity contribution is 5.32. The second-order valence-corrected chi connectivity index (χ2v) is 13.1. The highest BCUT2D eigenvalue weighted by atomic mass is 15.1. The summed E-state index contributed by atoms with van der Waals surface area (Å²) in [6.45, 7) is 8.27. The molecule has 2 atom stereocenters. The molecule has 3 aromatic rings. The molecular formula is C40H63N2+. The third kappa shape index (κ3) is 11.7. The summed E-state index contributed by atoms with van der Waals surface area (Å²) in [5.41, 5.74) is 2.90. The number of nitrogens with zero attached hydrogens (tertiary/aromatic N) is 1. The topological polar surface area (TPSA) is 19.7 Å². The number of rotatable bonds is 24. The second kappa shape index (κ2) is 20.5. The zero-order valence-electron chi connectivity index (χ0n) is 27.6. The lowest BCUT2D eigenvalue weighted by atomic mass is 9.66. The van der Waals surface area contributed by atoms with Gasteiger partial charge in [-0.2, -0.15) is 0 Å². The van der Waals surface area contributed by atoms with Crippen LogP contribution in [0.3, 0.4) is 0 Å². The molecule has 2 unspecified atom stereocenters. The number of aryl methyl sites for hydroxylation is 1. The lowest BCUT2D eigenvalue weighted by molar-refractivity contribution is -0.705. The number of benzene rings is 2. The molecule has 1 aromatic heterocycles. The first kappa shape index (κ1) is 34.1. The average molecular weight is 572 g/mol. The molecule has 1 heterocycles. The number of nitrogens with one attached hydrogen (secondary N) is 1. The van der Waals surface area contributed by atoms with Crippen LogP contribution >= 0.6 is 0 Å². The summed E-state index contributed by atoms with van der Waals surface area (Å²) in [6.07, 6.45) is 30.1. The standard InChI is InChI=1S/C40H62N2/c1-4-6-8-10-12-14-16-18-26-33-42-34-32-41-39(42)38(31-25-17-15-13-11-9-7-5-2)40(3,37-29-23-20-24-30-37)35-36-27-21-19-22-28-36/h19-24,27-30,32,34,38H,4-18,25-26,31,33,35H2,1-3H3/p+1. The first-order valence-electron chi connectivity index (χ1n) is 17.8. The van der Waals surface area contributed by atoms with E-state index in [1.807, 2.05) is 0 Å². The minimum atomic E-state index is 0.00876.